The summed E-state index contributed by atoms with van der Waals surface area (Å²) in [5, 5.41) is 17.6. The molecule has 0 bridgehead atoms. The first-order valence-corrected chi connectivity index (χ1v) is 7.21. The third kappa shape index (κ3) is 2.78. The fourth-order valence-corrected chi connectivity index (χ4v) is 2.61. The SMILES string of the molecule is O=C(NN=Cc1ccc2ccccc2c1O)c1cccs1. The van der Waals surface area contributed by atoms with Crippen LogP contribution in [-0.2, 0) is 0 Å². The number of nitrogens with one attached hydrogen (secondary N) is 1. The molecule has 5 heteroatoms. The number of carbonyl (C=O) groups excluding carboxylic acids is 1. The van der Waals surface area contributed by atoms with E-state index in [-0.39, 0.29) is 11.7 Å². The van der Waals surface area contributed by atoms with E-state index in [4.69, 9.17) is 0 Å². The second-order valence-electron chi connectivity index (χ2n) is 4.40. The molecule has 0 atom stereocenters. The Morgan fingerprint density at radius 1 is 1.14 bits per heavy atom. The van der Waals surface area contributed by atoms with Crippen LogP contribution in [0.3, 0.4) is 0 Å². The van der Waals surface area contributed by atoms with Gasteiger partial charge in [-0.2, -0.15) is 5.10 Å². The van der Waals surface area contributed by atoms with Crippen molar-refractivity contribution >= 4 is 34.2 Å². The summed E-state index contributed by atoms with van der Waals surface area (Å²) in [6.07, 6.45) is 1.44. The molecule has 0 aliphatic carbocycles. The van der Waals surface area contributed by atoms with Crippen molar-refractivity contribution in [2.45, 2.75) is 0 Å². The van der Waals surface area contributed by atoms with Gasteiger partial charge in [0.25, 0.3) is 5.91 Å². The summed E-state index contributed by atoms with van der Waals surface area (Å²) in [6.45, 7) is 0. The number of rotatable bonds is 3. The quantitative estimate of drug-likeness (QED) is 0.575. The van der Waals surface area contributed by atoms with Crippen LogP contribution in [0, 0.1) is 0 Å². The van der Waals surface area contributed by atoms with Gasteiger partial charge in [-0.3, -0.25) is 4.79 Å². The zero-order valence-corrected chi connectivity index (χ0v) is 11.8. The average molecular weight is 296 g/mol. The highest BCUT2D eigenvalue weighted by Gasteiger charge is 2.06. The molecule has 0 spiro atoms. The third-order valence-electron chi connectivity index (χ3n) is 3.05. The van der Waals surface area contributed by atoms with Gasteiger partial charge < -0.3 is 5.11 Å². The molecule has 0 unspecified atom stereocenters. The highest BCUT2D eigenvalue weighted by Crippen LogP contribution is 2.27. The van der Waals surface area contributed by atoms with E-state index in [0.29, 0.717) is 10.4 Å². The van der Waals surface area contributed by atoms with E-state index in [2.05, 4.69) is 10.5 Å². The number of amides is 1. The second-order valence-corrected chi connectivity index (χ2v) is 5.35. The maximum Gasteiger partial charge on any atom is 0.281 e. The Morgan fingerprint density at radius 2 is 2.00 bits per heavy atom. The molecule has 3 rings (SSSR count). The first kappa shape index (κ1) is 13.3. The van der Waals surface area contributed by atoms with Crippen LogP contribution in [0.25, 0.3) is 10.8 Å². The minimum atomic E-state index is -0.262. The van der Waals surface area contributed by atoms with Crippen molar-refractivity contribution in [2.75, 3.05) is 0 Å². The van der Waals surface area contributed by atoms with Gasteiger partial charge >= 0.3 is 0 Å². The van der Waals surface area contributed by atoms with E-state index in [9.17, 15) is 9.90 Å². The molecule has 0 aliphatic heterocycles. The molecule has 2 N–H and O–H groups in total. The van der Waals surface area contributed by atoms with Gasteiger partial charge in [-0.05, 0) is 22.9 Å². The Bertz CT molecular complexity index is 810. The van der Waals surface area contributed by atoms with Crippen LogP contribution in [0.5, 0.6) is 5.75 Å². The normalized spacial score (nSPS) is 11.0. The summed E-state index contributed by atoms with van der Waals surface area (Å²) >= 11 is 1.35. The standard InChI is InChI=1S/C16H12N2O2S/c19-15-12(8-7-11-4-1-2-5-13(11)15)10-17-18-16(20)14-6-3-9-21-14/h1-10,19H,(H,18,20). The van der Waals surface area contributed by atoms with E-state index in [1.165, 1.54) is 17.6 Å². The minimum absolute atomic E-state index is 0.155. The van der Waals surface area contributed by atoms with Gasteiger partial charge in [-0.1, -0.05) is 36.4 Å². The monoisotopic (exact) mass is 296 g/mol. The molecule has 2 aromatic carbocycles. The number of carbonyl (C=O) groups is 1. The van der Waals surface area contributed by atoms with E-state index in [1.807, 2.05) is 35.7 Å². The van der Waals surface area contributed by atoms with Crippen LogP contribution in [0.2, 0.25) is 0 Å². The zero-order chi connectivity index (χ0) is 14.7. The maximum atomic E-state index is 11.7. The number of nitrogens with zero attached hydrogens (tertiary/aromatic N) is 1. The molecule has 0 aliphatic rings. The van der Waals surface area contributed by atoms with Crippen molar-refractivity contribution in [1.82, 2.24) is 5.43 Å². The molecule has 0 radical (unpaired) electrons. The van der Waals surface area contributed by atoms with Crippen molar-refractivity contribution in [3.63, 3.8) is 0 Å². The van der Waals surface area contributed by atoms with Crippen LogP contribution < -0.4 is 5.43 Å². The molecule has 4 nitrogen and oxygen atoms in total. The number of aromatic hydroxyl groups is 1. The summed E-state index contributed by atoms with van der Waals surface area (Å²) in [4.78, 5) is 12.3. The minimum Gasteiger partial charge on any atom is -0.507 e. The summed E-state index contributed by atoms with van der Waals surface area (Å²) < 4.78 is 0. The van der Waals surface area contributed by atoms with Crippen LogP contribution in [0.1, 0.15) is 15.2 Å². The number of hydrazone groups is 1. The molecule has 3 aromatic rings. The van der Waals surface area contributed by atoms with Gasteiger partial charge in [0, 0.05) is 10.9 Å². The third-order valence-corrected chi connectivity index (χ3v) is 3.92. The molecule has 21 heavy (non-hydrogen) atoms. The van der Waals surface area contributed by atoms with Crippen LogP contribution in [-0.4, -0.2) is 17.2 Å². The largest absolute Gasteiger partial charge is 0.507 e. The van der Waals surface area contributed by atoms with Crippen LogP contribution >= 0.6 is 11.3 Å². The topological polar surface area (TPSA) is 61.7 Å². The molecule has 1 amide bonds. The van der Waals surface area contributed by atoms with E-state index in [1.54, 1.807) is 18.2 Å². The number of hydrogen-bond donors (Lipinski definition) is 2. The lowest BCUT2D eigenvalue weighted by Crippen LogP contribution is -2.16. The molecule has 1 aromatic heterocycles. The number of phenolic OH excluding ortho intramolecular Hbond substituents is 1. The van der Waals surface area contributed by atoms with E-state index in [0.717, 1.165) is 10.8 Å². The maximum absolute atomic E-state index is 11.7. The molecule has 0 fully saturated rings. The Morgan fingerprint density at radius 3 is 2.81 bits per heavy atom. The second kappa shape index (κ2) is 5.76. The molecular weight excluding hydrogens is 284 g/mol. The van der Waals surface area contributed by atoms with Crippen molar-refractivity contribution in [3.8, 4) is 5.75 Å². The molecule has 104 valence electrons. The smallest absolute Gasteiger partial charge is 0.281 e. The fourth-order valence-electron chi connectivity index (χ4n) is 2.00. The van der Waals surface area contributed by atoms with Crippen LogP contribution in [0.4, 0.5) is 0 Å². The summed E-state index contributed by atoms with van der Waals surface area (Å²) in [6, 6.07) is 14.7. The number of fused-ring (bicyclic) bond motifs is 1. The highest BCUT2D eigenvalue weighted by atomic mass is 32.1. The Balaban J connectivity index is 1.80. The summed E-state index contributed by atoms with van der Waals surface area (Å²) in [5.74, 6) is -0.108. The lowest BCUT2D eigenvalue weighted by Gasteiger charge is -2.04. The Labute approximate surface area is 125 Å². The van der Waals surface area contributed by atoms with Gasteiger partial charge in [0.15, 0.2) is 0 Å². The number of benzene rings is 2. The Kier molecular flexibility index (Phi) is 3.66. The van der Waals surface area contributed by atoms with Gasteiger partial charge in [0.05, 0.1) is 11.1 Å². The zero-order valence-electron chi connectivity index (χ0n) is 11.0. The van der Waals surface area contributed by atoms with E-state index >= 15 is 0 Å². The lowest BCUT2D eigenvalue weighted by atomic mass is 10.1. The van der Waals surface area contributed by atoms with E-state index < -0.39 is 0 Å². The van der Waals surface area contributed by atoms with Crippen molar-refractivity contribution in [3.05, 3.63) is 64.4 Å². The summed E-state index contributed by atoms with van der Waals surface area (Å²) in [7, 11) is 0. The molecule has 0 saturated heterocycles. The number of thiophene rings is 1. The Hall–Kier alpha value is -2.66. The van der Waals surface area contributed by atoms with Crippen LogP contribution in [0.15, 0.2) is 59.0 Å². The van der Waals surface area contributed by atoms with Gasteiger partial charge in [-0.25, -0.2) is 5.43 Å². The predicted octanol–water partition coefficient (Wildman–Crippen LogP) is 3.37. The van der Waals surface area contributed by atoms with Gasteiger partial charge in [-0.15, -0.1) is 11.3 Å². The molecular formula is C16H12N2O2S. The first-order chi connectivity index (χ1) is 10.3. The lowest BCUT2D eigenvalue weighted by molar-refractivity contribution is 0.0959. The average Bonchev–Trinajstić information content (AvgIpc) is 3.04. The summed E-state index contributed by atoms with van der Waals surface area (Å²) in [5.41, 5.74) is 2.99. The van der Waals surface area contributed by atoms with Crippen molar-refractivity contribution in [2.24, 2.45) is 5.10 Å². The van der Waals surface area contributed by atoms with Gasteiger partial charge in [0.2, 0.25) is 0 Å². The van der Waals surface area contributed by atoms with Crippen molar-refractivity contribution < 1.29 is 9.90 Å². The van der Waals surface area contributed by atoms with Gasteiger partial charge in [0.1, 0.15) is 5.75 Å². The molecule has 0 saturated carbocycles. The number of phenols is 1. The fraction of sp³-hybridized carbons (Fsp3) is 0. The number of hydrogen-bond acceptors (Lipinski definition) is 4. The molecule has 1 heterocycles. The highest BCUT2D eigenvalue weighted by molar-refractivity contribution is 7.12. The first-order valence-electron chi connectivity index (χ1n) is 6.33. The van der Waals surface area contributed by atoms with Crippen molar-refractivity contribution in [1.29, 1.82) is 0 Å². The predicted molar refractivity (Wildman–Crippen MR) is 85.0 cm³/mol.